The van der Waals surface area contributed by atoms with E-state index >= 15 is 0 Å². The summed E-state index contributed by atoms with van der Waals surface area (Å²) in [6.07, 6.45) is 2.98. The zero-order chi connectivity index (χ0) is 13.8. The molecule has 1 aliphatic heterocycles. The molecule has 3 unspecified atom stereocenters. The Bertz CT molecular complexity index is 411. The summed E-state index contributed by atoms with van der Waals surface area (Å²) in [5.41, 5.74) is 1.03. The molecule has 19 heavy (non-hydrogen) atoms. The SMILES string of the molecule is CNC(c1c(Cl)cnn1CCOC)C1CCOC1C. The number of nitrogens with zero attached hydrogens (tertiary/aromatic N) is 2. The molecule has 0 aromatic carbocycles. The first-order valence-corrected chi connectivity index (χ1v) is 7.05. The van der Waals surface area contributed by atoms with Gasteiger partial charge < -0.3 is 14.8 Å². The van der Waals surface area contributed by atoms with Crippen LogP contribution in [0.4, 0.5) is 0 Å². The van der Waals surface area contributed by atoms with E-state index in [9.17, 15) is 0 Å². The van der Waals surface area contributed by atoms with Crippen LogP contribution in [0, 0.1) is 5.92 Å². The van der Waals surface area contributed by atoms with Crippen molar-refractivity contribution in [3.8, 4) is 0 Å². The fourth-order valence-electron chi connectivity index (χ4n) is 2.78. The zero-order valence-corrected chi connectivity index (χ0v) is 12.5. The van der Waals surface area contributed by atoms with Gasteiger partial charge in [-0.2, -0.15) is 5.10 Å². The van der Waals surface area contributed by atoms with E-state index in [1.807, 2.05) is 11.7 Å². The van der Waals surface area contributed by atoms with Crippen molar-refractivity contribution < 1.29 is 9.47 Å². The first-order chi connectivity index (χ1) is 9.19. The van der Waals surface area contributed by atoms with Gasteiger partial charge in [-0.15, -0.1) is 0 Å². The molecule has 0 saturated carbocycles. The Morgan fingerprint density at radius 2 is 2.47 bits per heavy atom. The van der Waals surface area contributed by atoms with E-state index in [2.05, 4.69) is 17.3 Å². The molecular formula is C13H22ClN3O2. The fraction of sp³-hybridized carbons (Fsp3) is 0.769. The van der Waals surface area contributed by atoms with Crippen LogP contribution in [-0.2, 0) is 16.0 Å². The molecule has 0 spiro atoms. The summed E-state index contributed by atoms with van der Waals surface area (Å²) in [5, 5.41) is 8.41. The van der Waals surface area contributed by atoms with Gasteiger partial charge in [0.25, 0.3) is 0 Å². The molecule has 0 radical (unpaired) electrons. The summed E-state index contributed by atoms with van der Waals surface area (Å²) in [7, 11) is 3.65. The van der Waals surface area contributed by atoms with Crippen LogP contribution in [-0.4, -0.2) is 43.3 Å². The van der Waals surface area contributed by atoms with Crippen molar-refractivity contribution in [1.82, 2.24) is 15.1 Å². The highest BCUT2D eigenvalue weighted by atomic mass is 35.5. The molecule has 0 aliphatic carbocycles. The molecule has 2 heterocycles. The summed E-state index contributed by atoms with van der Waals surface area (Å²) in [6, 6.07) is 0.157. The van der Waals surface area contributed by atoms with Crippen molar-refractivity contribution in [1.29, 1.82) is 0 Å². The third-order valence-electron chi connectivity index (χ3n) is 3.81. The highest BCUT2D eigenvalue weighted by Gasteiger charge is 2.34. The molecule has 1 aromatic heterocycles. The first kappa shape index (κ1) is 14.8. The molecule has 6 heteroatoms. The molecule has 2 rings (SSSR count). The quantitative estimate of drug-likeness (QED) is 0.868. The van der Waals surface area contributed by atoms with Crippen LogP contribution in [0.2, 0.25) is 5.02 Å². The first-order valence-electron chi connectivity index (χ1n) is 6.68. The van der Waals surface area contributed by atoms with Crippen molar-refractivity contribution in [2.45, 2.75) is 32.0 Å². The summed E-state index contributed by atoms with van der Waals surface area (Å²) < 4.78 is 12.7. The van der Waals surface area contributed by atoms with Gasteiger partial charge in [-0.25, -0.2) is 0 Å². The van der Waals surface area contributed by atoms with E-state index in [1.54, 1.807) is 13.3 Å². The van der Waals surface area contributed by atoms with Crippen LogP contribution in [0.1, 0.15) is 25.1 Å². The Labute approximate surface area is 119 Å². The maximum Gasteiger partial charge on any atom is 0.0834 e. The molecular weight excluding hydrogens is 266 g/mol. The van der Waals surface area contributed by atoms with E-state index in [0.717, 1.165) is 18.7 Å². The van der Waals surface area contributed by atoms with Crippen LogP contribution >= 0.6 is 11.6 Å². The van der Waals surface area contributed by atoms with Gasteiger partial charge in [-0.3, -0.25) is 4.68 Å². The third-order valence-corrected chi connectivity index (χ3v) is 4.10. The van der Waals surface area contributed by atoms with Crippen LogP contribution < -0.4 is 5.32 Å². The molecule has 108 valence electrons. The third kappa shape index (κ3) is 3.11. The van der Waals surface area contributed by atoms with Gasteiger partial charge in [0.1, 0.15) is 0 Å². The second-order valence-electron chi connectivity index (χ2n) is 4.89. The number of ether oxygens (including phenoxy) is 2. The number of hydrogen-bond acceptors (Lipinski definition) is 4. The number of rotatable bonds is 6. The molecule has 1 fully saturated rings. The lowest BCUT2D eigenvalue weighted by molar-refractivity contribution is 0.0949. The Balaban J connectivity index is 2.24. The summed E-state index contributed by atoms with van der Waals surface area (Å²) in [4.78, 5) is 0. The monoisotopic (exact) mass is 287 g/mol. The van der Waals surface area contributed by atoms with Gasteiger partial charge >= 0.3 is 0 Å². The van der Waals surface area contributed by atoms with Gasteiger partial charge in [0.2, 0.25) is 0 Å². The number of methoxy groups -OCH3 is 1. The van der Waals surface area contributed by atoms with Crippen molar-refractivity contribution in [3.63, 3.8) is 0 Å². The number of halogens is 1. The Kier molecular flexibility index (Phi) is 5.21. The molecule has 3 atom stereocenters. The van der Waals surface area contributed by atoms with Gasteiger partial charge in [0.15, 0.2) is 0 Å². The van der Waals surface area contributed by atoms with E-state index in [0.29, 0.717) is 24.1 Å². The smallest absolute Gasteiger partial charge is 0.0834 e. The predicted molar refractivity (Wildman–Crippen MR) is 74.4 cm³/mol. The minimum atomic E-state index is 0.157. The Morgan fingerprint density at radius 3 is 3.05 bits per heavy atom. The second-order valence-corrected chi connectivity index (χ2v) is 5.30. The average molecular weight is 288 g/mol. The normalized spacial score (nSPS) is 24.8. The number of hydrogen-bond donors (Lipinski definition) is 1. The second kappa shape index (κ2) is 6.70. The van der Waals surface area contributed by atoms with E-state index in [1.165, 1.54) is 0 Å². The lowest BCUT2D eigenvalue weighted by atomic mass is 9.91. The maximum absolute atomic E-state index is 6.32. The van der Waals surface area contributed by atoms with Crippen LogP contribution in [0.5, 0.6) is 0 Å². The molecule has 0 bridgehead atoms. The number of nitrogens with one attached hydrogen (secondary N) is 1. The van der Waals surface area contributed by atoms with Crippen molar-refractivity contribution in [2.24, 2.45) is 5.92 Å². The lowest BCUT2D eigenvalue weighted by Crippen LogP contribution is -2.32. The van der Waals surface area contributed by atoms with Crippen LogP contribution in [0.25, 0.3) is 0 Å². The van der Waals surface area contributed by atoms with E-state index < -0.39 is 0 Å². The van der Waals surface area contributed by atoms with Crippen molar-refractivity contribution in [2.75, 3.05) is 27.4 Å². The van der Waals surface area contributed by atoms with Crippen LogP contribution in [0.15, 0.2) is 6.20 Å². The molecule has 1 N–H and O–H groups in total. The molecule has 1 saturated heterocycles. The van der Waals surface area contributed by atoms with Gasteiger partial charge in [-0.1, -0.05) is 11.6 Å². The molecule has 0 amide bonds. The van der Waals surface area contributed by atoms with Gasteiger partial charge in [0.05, 0.1) is 42.2 Å². The predicted octanol–water partition coefficient (Wildman–Crippen LogP) is 1.87. The van der Waals surface area contributed by atoms with Crippen LogP contribution in [0.3, 0.4) is 0 Å². The molecule has 1 aromatic rings. The van der Waals surface area contributed by atoms with Gasteiger partial charge in [0, 0.05) is 19.6 Å². The van der Waals surface area contributed by atoms with Crippen molar-refractivity contribution in [3.05, 3.63) is 16.9 Å². The van der Waals surface area contributed by atoms with Crippen molar-refractivity contribution >= 4 is 11.6 Å². The minimum Gasteiger partial charge on any atom is -0.383 e. The Hall–Kier alpha value is -0.620. The highest BCUT2D eigenvalue weighted by molar-refractivity contribution is 6.31. The average Bonchev–Trinajstić information content (AvgIpc) is 2.97. The standard InChI is InChI=1S/C13H22ClN3O2/c1-9-10(4-6-19-9)12(15-2)13-11(14)8-16-17(13)5-7-18-3/h8-10,12,15H,4-7H2,1-3H3. The van der Waals surface area contributed by atoms with Gasteiger partial charge in [-0.05, 0) is 20.4 Å². The topological polar surface area (TPSA) is 48.3 Å². The summed E-state index contributed by atoms with van der Waals surface area (Å²) in [6.45, 7) is 4.26. The zero-order valence-electron chi connectivity index (χ0n) is 11.7. The highest BCUT2D eigenvalue weighted by Crippen LogP contribution is 2.35. The largest absolute Gasteiger partial charge is 0.383 e. The lowest BCUT2D eigenvalue weighted by Gasteiger charge is -2.26. The van der Waals surface area contributed by atoms with E-state index in [-0.39, 0.29) is 12.1 Å². The fourth-order valence-corrected chi connectivity index (χ4v) is 3.04. The maximum atomic E-state index is 6.32. The Morgan fingerprint density at radius 1 is 1.68 bits per heavy atom. The molecule has 1 aliphatic rings. The summed E-state index contributed by atoms with van der Waals surface area (Å²) >= 11 is 6.32. The molecule has 5 nitrogen and oxygen atoms in total. The van der Waals surface area contributed by atoms with E-state index in [4.69, 9.17) is 21.1 Å². The minimum absolute atomic E-state index is 0.157. The number of aromatic nitrogens is 2. The summed E-state index contributed by atoms with van der Waals surface area (Å²) in [5.74, 6) is 0.417.